The van der Waals surface area contributed by atoms with Crippen LogP contribution in [-0.2, 0) is 0 Å². The predicted octanol–water partition coefficient (Wildman–Crippen LogP) is 3.47. The molecule has 0 atom stereocenters. The van der Waals surface area contributed by atoms with Crippen LogP contribution >= 0.6 is 0 Å². The van der Waals surface area contributed by atoms with Crippen LogP contribution in [0.15, 0.2) is 36.4 Å². The number of phenols is 1. The number of benzene rings is 2. The molecule has 3 rings (SSSR count). The van der Waals surface area contributed by atoms with Crippen molar-refractivity contribution < 1.29 is 9.90 Å². The summed E-state index contributed by atoms with van der Waals surface area (Å²) >= 11 is 0. The molecule has 0 radical (unpaired) electrons. The molecule has 2 N–H and O–H groups in total. The summed E-state index contributed by atoms with van der Waals surface area (Å²) in [5, 5.41) is 14.8. The minimum absolute atomic E-state index is 0.0462. The average Bonchev–Trinajstić information content (AvgIpc) is 2.40. The van der Waals surface area contributed by atoms with E-state index in [1.54, 1.807) is 12.1 Å². The van der Waals surface area contributed by atoms with Gasteiger partial charge < -0.3 is 10.4 Å². The number of nitrogens with one attached hydrogen (secondary N) is 1. The highest BCUT2D eigenvalue weighted by Crippen LogP contribution is 2.29. The van der Waals surface area contributed by atoms with Gasteiger partial charge in [-0.15, -0.1) is 0 Å². The van der Waals surface area contributed by atoms with Gasteiger partial charge in [-0.2, -0.15) is 0 Å². The fourth-order valence-electron chi connectivity index (χ4n) is 2.68. The van der Waals surface area contributed by atoms with Crippen molar-refractivity contribution in [2.24, 2.45) is 5.92 Å². The Labute approximate surface area is 118 Å². The fourth-order valence-corrected chi connectivity index (χ4v) is 2.68. The summed E-state index contributed by atoms with van der Waals surface area (Å²) in [4.78, 5) is 12.1. The Morgan fingerprint density at radius 3 is 2.55 bits per heavy atom. The van der Waals surface area contributed by atoms with Crippen LogP contribution in [-0.4, -0.2) is 17.6 Å². The predicted molar refractivity (Wildman–Crippen MR) is 79.9 cm³/mol. The molecule has 2 aromatic carbocycles. The highest BCUT2D eigenvalue weighted by atomic mass is 16.3. The third-order valence-electron chi connectivity index (χ3n) is 4.17. The Kier molecular flexibility index (Phi) is 3.59. The molecule has 2 aromatic rings. The second-order valence-corrected chi connectivity index (χ2v) is 5.56. The minimum Gasteiger partial charge on any atom is -0.507 e. The van der Waals surface area contributed by atoms with E-state index >= 15 is 0 Å². The number of carbonyl (C=O) groups excluding carboxylic acids is 1. The molecule has 0 unspecified atom stereocenters. The Morgan fingerprint density at radius 2 is 1.90 bits per heavy atom. The third-order valence-corrected chi connectivity index (χ3v) is 4.17. The van der Waals surface area contributed by atoms with E-state index < -0.39 is 0 Å². The lowest BCUT2D eigenvalue weighted by atomic mass is 9.83. The standard InChI is InChI=1S/C17H19NO2/c19-16-11-14-7-2-1-6-13(14)10-15(16)17(20)18-9-8-12-4-3-5-12/h1-2,6-7,10-12,19H,3-5,8-9H2,(H,18,20). The summed E-state index contributed by atoms with van der Waals surface area (Å²) in [6.07, 6.45) is 4.94. The maximum Gasteiger partial charge on any atom is 0.255 e. The molecule has 1 aliphatic rings. The van der Waals surface area contributed by atoms with Gasteiger partial charge in [0.1, 0.15) is 5.75 Å². The van der Waals surface area contributed by atoms with Gasteiger partial charge in [0.25, 0.3) is 5.91 Å². The number of carbonyl (C=O) groups is 1. The Morgan fingerprint density at radius 1 is 1.20 bits per heavy atom. The average molecular weight is 269 g/mol. The number of aromatic hydroxyl groups is 1. The largest absolute Gasteiger partial charge is 0.507 e. The molecule has 0 saturated heterocycles. The summed E-state index contributed by atoms with van der Waals surface area (Å²) in [7, 11) is 0. The van der Waals surface area contributed by atoms with Crippen molar-refractivity contribution in [3.63, 3.8) is 0 Å². The summed E-state index contributed by atoms with van der Waals surface area (Å²) in [6.45, 7) is 0.690. The molecule has 104 valence electrons. The summed E-state index contributed by atoms with van der Waals surface area (Å²) < 4.78 is 0. The van der Waals surface area contributed by atoms with Gasteiger partial charge in [-0.1, -0.05) is 43.5 Å². The van der Waals surface area contributed by atoms with Crippen LogP contribution in [0.3, 0.4) is 0 Å². The van der Waals surface area contributed by atoms with Gasteiger partial charge in [0, 0.05) is 6.54 Å². The van der Waals surface area contributed by atoms with Crippen molar-refractivity contribution in [2.45, 2.75) is 25.7 Å². The van der Waals surface area contributed by atoms with Gasteiger partial charge >= 0.3 is 0 Å². The first-order chi connectivity index (χ1) is 9.74. The molecule has 0 aliphatic heterocycles. The van der Waals surface area contributed by atoms with E-state index in [9.17, 15) is 9.90 Å². The van der Waals surface area contributed by atoms with Crippen molar-refractivity contribution in [3.8, 4) is 5.75 Å². The van der Waals surface area contributed by atoms with Gasteiger partial charge in [0.2, 0.25) is 0 Å². The second-order valence-electron chi connectivity index (χ2n) is 5.56. The third kappa shape index (κ3) is 2.62. The van der Waals surface area contributed by atoms with Crippen molar-refractivity contribution >= 4 is 16.7 Å². The van der Waals surface area contributed by atoms with Gasteiger partial charge in [0.15, 0.2) is 0 Å². The number of amides is 1. The van der Waals surface area contributed by atoms with Crippen LogP contribution < -0.4 is 5.32 Å². The minimum atomic E-state index is -0.187. The zero-order chi connectivity index (χ0) is 13.9. The first-order valence-corrected chi connectivity index (χ1v) is 7.24. The highest BCUT2D eigenvalue weighted by Gasteiger charge is 2.18. The molecule has 3 heteroatoms. The van der Waals surface area contributed by atoms with Gasteiger partial charge in [-0.3, -0.25) is 4.79 Å². The van der Waals surface area contributed by atoms with Gasteiger partial charge in [-0.05, 0) is 35.2 Å². The normalized spacial score (nSPS) is 15.0. The maximum absolute atomic E-state index is 12.1. The number of hydrogen-bond donors (Lipinski definition) is 2. The molecule has 1 amide bonds. The van der Waals surface area contributed by atoms with Crippen LogP contribution in [0.1, 0.15) is 36.0 Å². The number of fused-ring (bicyclic) bond motifs is 1. The molecule has 0 bridgehead atoms. The van der Waals surface area contributed by atoms with E-state index in [4.69, 9.17) is 0 Å². The first kappa shape index (κ1) is 13.0. The summed E-state index contributed by atoms with van der Waals surface area (Å²) in [6, 6.07) is 11.1. The lowest BCUT2D eigenvalue weighted by Gasteiger charge is -2.25. The van der Waals surface area contributed by atoms with E-state index in [1.165, 1.54) is 19.3 Å². The van der Waals surface area contributed by atoms with Crippen molar-refractivity contribution in [1.82, 2.24) is 5.32 Å². The zero-order valence-corrected chi connectivity index (χ0v) is 11.4. The lowest BCUT2D eigenvalue weighted by Crippen LogP contribution is -2.27. The number of rotatable bonds is 4. The van der Waals surface area contributed by atoms with E-state index in [2.05, 4.69) is 5.32 Å². The molecule has 0 spiro atoms. The topological polar surface area (TPSA) is 49.3 Å². The molecular weight excluding hydrogens is 250 g/mol. The van der Waals surface area contributed by atoms with Gasteiger partial charge in [-0.25, -0.2) is 0 Å². The quantitative estimate of drug-likeness (QED) is 0.893. The molecule has 20 heavy (non-hydrogen) atoms. The SMILES string of the molecule is O=C(NCCC1CCC1)c1cc2ccccc2cc1O. The molecular formula is C17H19NO2. The molecule has 1 saturated carbocycles. The highest BCUT2D eigenvalue weighted by molar-refractivity contribution is 6.01. The molecule has 1 aliphatic carbocycles. The molecule has 0 heterocycles. The van der Waals surface area contributed by atoms with Crippen LogP contribution in [0.25, 0.3) is 10.8 Å². The second kappa shape index (κ2) is 5.53. The first-order valence-electron chi connectivity index (χ1n) is 7.24. The van der Waals surface area contributed by atoms with Crippen LogP contribution in [0.2, 0.25) is 0 Å². The number of hydrogen-bond acceptors (Lipinski definition) is 2. The smallest absolute Gasteiger partial charge is 0.255 e. The Balaban J connectivity index is 1.71. The van der Waals surface area contributed by atoms with Crippen molar-refractivity contribution in [1.29, 1.82) is 0 Å². The zero-order valence-electron chi connectivity index (χ0n) is 11.4. The van der Waals surface area contributed by atoms with E-state index in [0.29, 0.717) is 12.1 Å². The monoisotopic (exact) mass is 269 g/mol. The molecule has 3 nitrogen and oxygen atoms in total. The number of phenolic OH excluding ortho intramolecular Hbond substituents is 1. The van der Waals surface area contributed by atoms with Crippen LogP contribution in [0.5, 0.6) is 5.75 Å². The van der Waals surface area contributed by atoms with Crippen molar-refractivity contribution in [2.75, 3.05) is 6.54 Å². The van der Waals surface area contributed by atoms with Gasteiger partial charge in [0.05, 0.1) is 5.56 Å². The molecule has 1 fully saturated rings. The fraction of sp³-hybridized carbons (Fsp3) is 0.353. The van der Waals surface area contributed by atoms with Crippen LogP contribution in [0, 0.1) is 5.92 Å². The van der Waals surface area contributed by atoms with Crippen LogP contribution in [0.4, 0.5) is 0 Å². The summed E-state index contributed by atoms with van der Waals surface area (Å²) in [5.41, 5.74) is 0.359. The van der Waals surface area contributed by atoms with Crippen molar-refractivity contribution in [3.05, 3.63) is 42.0 Å². The van der Waals surface area contributed by atoms with E-state index in [0.717, 1.165) is 23.1 Å². The Hall–Kier alpha value is -2.03. The Bertz CT molecular complexity index is 632. The lowest BCUT2D eigenvalue weighted by molar-refractivity contribution is 0.0946. The van der Waals surface area contributed by atoms with E-state index in [1.807, 2.05) is 24.3 Å². The molecule has 0 aromatic heterocycles. The summed E-state index contributed by atoms with van der Waals surface area (Å²) in [5.74, 6) is 0.637. The van der Waals surface area contributed by atoms with E-state index in [-0.39, 0.29) is 11.7 Å². The maximum atomic E-state index is 12.1.